The Morgan fingerprint density at radius 3 is 2.35 bits per heavy atom. The van der Waals surface area contributed by atoms with Crippen LogP contribution in [0.3, 0.4) is 0 Å². The van der Waals surface area contributed by atoms with Crippen LogP contribution < -0.4 is 0 Å². The molecular weight excluding hydrogens is 562 g/mol. The topological polar surface area (TPSA) is 51.3 Å². The number of allylic oxidation sites excluding steroid dienone is 6. The van der Waals surface area contributed by atoms with E-state index in [1.807, 2.05) is 42.5 Å². The summed E-state index contributed by atoms with van der Waals surface area (Å²) in [4.78, 5) is 14.2. The Morgan fingerprint density at radius 2 is 1.52 bits per heavy atom. The van der Waals surface area contributed by atoms with Gasteiger partial charge in [-0.1, -0.05) is 100 Å². The second-order valence-corrected chi connectivity index (χ2v) is 12.0. The first-order valence-electron chi connectivity index (χ1n) is 15.2. The second kappa shape index (κ2) is 11.2. The summed E-state index contributed by atoms with van der Waals surface area (Å²) in [5.41, 5.74) is 12.2. The maximum absolute atomic E-state index is 6.12. The van der Waals surface area contributed by atoms with Crippen LogP contribution in [0.15, 0.2) is 156 Å². The largest absolute Gasteiger partial charge is 0.456 e. The number of aromatic nitrogens is 2. The van der Waals surface area contributed by atoms with Crippen molar-refractivity contribution < 1.29 is 4.42 Å². The summed E-state index contributed by atoms with van der Waals surface area (Å²) in [5, 5.41) is 2.10. The molecule has 0 bridgehead atoms. The minimum absolute atomic E-state index is 0.152. The summed E-state index contributed by atoms with van der Waals surface area (Å²) >= 11 is 0. The lowest BCUT2D eigenvalue weighted by atomic mass is 9.82. The molecular formula is C42H33N3O. The maximum atomic E-state index is 6.12. The number of rotatable bonds is 8. The first-order chi connectivity index (χ1) is 22.3. The lowest BCUT2D eigenvalue weighted by molar-refractivity contribution is 0.660. The van der Waals surface area contributed by atoms with Gasteiger partial charge in [0.1, 0.15) is 11.2 Å². The Labute approximate surface area is 269 Å². The van der Waals surface area contributed by atoms with Crippen molar-refractivity contribution >= 4 is 34.2 Å². The van der Waals surface area contributed by atoms with Crippen molar-refractivity contribution in [3.8, 4) is 33.8 Å². The number of aliphatic imine (C=N–C) groups is 1. The second-order valence-electron chi connectivity index (χ2n) is 12.0. The fraction of sp³-hybridized carbons (Fsp3) is 0.0714. The molecule has 0 aliphatic heterocycles. The van der Waals surface area contributed by atoms with E-state index in [9.17, 15) is 0 Å². The van der Waals surface area contributed by atoms with Crippen LogP contribution in [0.5, 0.6) is 0 Å². The molecule has 0 saturated heterocycles. The van der Waals surface area contributed by atoms with E-state index in [1.165, 1.54) is 22.3 Å². The summed E-state index contributed by atoms with van der Waals surface area (Å²) in [5.74, 6) is 0.621. The molecule has 1 aliphatic carbocycles. The minimum Gasteiger partial charge on any atom is -0.456 e. The van der Waals surface area contributed by atoms with Gasteiger partial charge in [0.15, 0.2) is 5.82 Å². The van der Waals surface area contributed by atoms with Gasteiger partial charge < -0.3 is 4.42 Å². The van der Waals surface area contributed by atoms with Crippen LogP contribution in [0, 0.1) is 0 Å². The Balaban J connectivity index is 1.43. The molecule has 7 rings (SSSR count). The Morgan fingerprint density at radius 1 is 0.783 bits per heavy atom. The molecule has 2 heterocycles. The summed E-state index contributed by atoms with van der Waals surface area (Å²) in [7, 11) is 0. The number of fused-ring (bicyclic) bond motifs is 6. The van der Waals surface area contributed by atoms with E-state index in [0.717, 1.165) is 44.3 Å². The Bertz CT molecular complexity index is 2310. The highest BCUT2D eigenvalue weighted by atomic mass is 16.3. The lowest BCUT2D eigenvalue weighted by Gasteiger charge is -2.22. The van der Waals surface area contributed by atoms with Crippen LogP contribution in [-0.4, -0.2) is 16.7 Å². The van der Waals surface area contributed by atoms with Gasteiger partial charge in [0.2, 0.25) is 0 Å². The fourth-order valence-corrected chi connectivity index (χ4v) is 6.47. The van der Waals surface area contributed by atoms with E-state index < -0.39 is 0 Å². The summed E-state index contributed by atoms with van der Waals surface area (Å²) in [6, 6.07) is 31.5. The van der Waals surface area contributed by atoms with Crippen LogP contribution in [0.25, 0.3) is 61.3 Å². The average molecular weight is 596 g/mol. The molecule has 0 amide bonds. The SMILES string of the molecule is C=C/C=C(\C(=C)C(=C)/C=C\N=C)c1cc(-c2ccc3oc4ccccc4c3c2)nc(-c2ccc3c(c2)C(C)(C)c2ccccc2-3)n1. The molecule has 4 heteroatoms. The van der Waals surface area contributed by atoms with Crippen molar-refractivity contribution in [3.05, 3.63) is 163 Å². The molecule has 222 valence electrons. The van der Waals surface area contributed by atoms with E-state index in [1.54, 1.807) is 18.4 Å². The monoisotopic (exact) mass is 595 g/mol. The van der Waals surface area contributed by atoms with Gasteiger partial charge in [-0.25, -0.2) is 9.97 Å². The van der Waals surface area contributed by atoms with Crippen molar-refractivity contribution in [2.45, 2.75) is 19.3 Å². The van der Waals surface area contributed by atoms with E-state index in [4.69, 9.17) is 14.4 Å². The fourth-order valence-electron chi connectivity index (χ4n) is 6.47. The third kappa shape index (κ3) is 4.76. The molecule has 4 nitrogen and oxygen atoms in total. The van der Waals surface area contributed by atoms with Crippen LogP contribution in [0.2, 0.25) is 0 Å². The molecule has 0 radical (unpaired) electrons. The van der Waals surface area contributed by atoms with Gasteiger partial charge in [-0.2, -0.15) is 0 Å². The zero-order valence-corrected chi connectivity index (χ0v) is 26.0. The zero-order chi connectivity index (χ0) is 32.0. The van der Waals surface area contributed by atoms with E-state index in [2.05, 4.69) is 99.9 Å². The molecule has 0 atom stereocenters. The van der Waals surface area contributed by atoms with Crippen LogP contribution in [0.4, 0.5) is 0 Å². The third-order valence-corrected chi connectivity index (χ3v) is 8.89. The quantitative estimate of drug-likeness (QED) is 0.130. The molecule has 0 unspecified atom stereocenters. The van der Waals surface area contributed by atoms with Gasteiger partial charge in [-0.05, 0) is 82.6 Å². The zero-order valence-electron chi connectivity index (χ0n) is 26.0. The van der Waals surface area contributed by atoms with Crippen LogP contribution >= 0.6 is 0 Å². The molecule has 1 aliphatic rings. The number of benzene rings is 4. The van der Waals surface area contributed by atoms with Gasteiger partial charge in [-0.3, -0.25) is 4.99 Å². The van der Waals surface area contributed by atoms with Crippen molar-refractivity contribution in [3.63, 3.8) is 0 Å². The van der Waals surface area contributed by atoms with Gasteiger partial charge in [0, 0.05) is 39.1 Å². The average Bonchev–Trinajstić information content (AvgIpc) is 3.57. The lowest BCUT2D eigenvalue weighted by Crippen LogP contribution is -2.15. The molecule has 0 N–H and O–H groups in total. The Hall–Kier alpha value is -5.87. The van der Waals surface area contributed by atoms with Crippen LogP contribution in [-0.2, 0) is 5.41 Å². The molecule has 46 heavy (non-hydrogen) atoms. The molecule has 6 aromatic rings. The highest BCUT2D eigenvalue weighted by Crippen LogP contribution is 2.49. The van der Waals surface area contributed by atoms with Crippen molar-refractivity contribution in [2.24, 2.45) is 4.99 Å². The molecule has 0 spiro atoms. The van der Waals surface area contributed by atoms with Gasteiger partial charge in [0.05, 0.1) is 11.4 Å². The number of nitrogens with zero attached hydrogens (tertiary/aromatic N) is 3. The maximum Gasteiger partial charge on any atom is 0.160 e. The van der Waals surface area contributed by atoms with Gasteiger partial charge in [0.25, 0.3) is 0 Å². The highest BCUT2D eigenvalue weighted by Gasteiger charge is 2.35. The molecule has 2 aromatic heterocycles. The summed E-state index contributed by atoms with van der Waals surface area (Å²) < 4.78 is 6.12. The highest BCUT2D eigenvalue weighted by molar-refractivity contribution is 6.06. The van der Waals surface area contributed by atoms with Gasteiger partial charge >= 0.3 is 0 Å². The number of para-hydroxylation sites is 1. The summed E-state index contributed by atoms with van der Waals surface area (Å²) in [6.45, 7) is 20.6. The van der Waals surface area contributed by atoms with Crippen molar-refractivity contribution in [2.75, 3.05) is 0 Å². The standard InChI is InChI=1S/C42H33N3O/c1-7-12-30(27(3)26(2)21-22-43-6)38-25-37(28-18-20-40-34(23-28)33-14-9-11-16-39(33)46-40)44-41(45-38)29-17-19-32-31-13-8-10-15-35(31)42(4,5)36(32)24-29/h7-25H,1-3,6H2,4-5H3/b22-21-,30-12+. The number of hydrogen-bond acceptors (Lipinski definition) is 4. The van der Waals surface area contributed by atoms with E-state index in [0.29, 0.717) is 22.7 Å². The van der Waals surface area contributed by atoms with Gasteiger partial charge in [-0.15, -0.1) is 0 Å². The molecule has 4 aromatic carbocycles. The normalized spacial score (nSPS) is 13.6. The molecule has 0 fully saturated rings. The Kier molecular flexibility index (Phi) is 7.06. The minimum atomic E-state index is -0.152. The van der Waals surface area contributed by atoms with Crippen LogP contribution in [0.1, 0.15) is 30.7 Å². The first kappa shape index (κ1) is 28.9. The smallest absolute Gasteiger partial charge is 0.160 e. The third-order valence-electron chi connectivity index (χ3n) is 8.89. The molecule has 0 saturated carbocycles. The first-order valence-corrected chi connectivity index (χ1v) is 15.2. The van der Waals surface area contributed by atoms with Crippen molar-refractivity contribution in [1.82, 2.24) is 9.97 Å². The van der Waals surface area contributed by atoms with E-state index in [-0.39, 0.29) is 5.41 Å². The van der Waals surface area contributed by atoms with E-state index >= 15 is 0 Å². The predicted molar refractivity (Wildman–Crippen MR) is 193 cm³/mol. The number of furan rings is 1. The van der Waals surface area contributed by atoms with Crippen molar-refractivity contribution in [1.29, 1.82) is 0 Å². The number of hydrogen-bond donors (Lipinski definition) is 0. The summed E-state index contributed by atoms with van der Waals surface area (Å²) in [6.07, 6.45) is 7.04. The predicted octanol–water partition coefficient (Wildman–Crippen LogP) is 10.9.